The van der Waals surface area contributed by atoms with Gasteiger partial charge in [0.25, 0.3) is 0 Å². The highest BCUT2D eigenvalue weighted by Gasteiger charge is 2.32. The second-order valence-electron chi connectivity index (χ2n) is 5.40. The molecule has 0 saturated heterocycles. The third-order valence-corrected chi connectivity index (χ3v) is 3.31. The highest BCUT2D eigenvalue weighted by molar-refractivity contribution is 6.32. The zero-order chi connectivity index (χ0) is 19.2. The third kappa shape index (κ3) is 7.41. The van der Waals surface area contributed by atoms with Crippen molar-refractivity contribution in [2.75, 3.05) is 39.0 Å². The van der Waals surface area contributed by atoms with Gasteiger partial charge < -0.3 is 10.2 Å². The van der Waals surface area contributed by atoms with E-state index in [4.69, 9.17) is 16.9 Å². The molecular formula is C15H16ClF3N4O2. The number of hydrogen-bond donors (Lipinski definition) is 1. The number of halogens is 4. The molecule has 2 amide bonds. The minimum absolute atomic E-state index is 0.107. The first-order valence-electron chi connectivity index (χ1n) is 7.00. The van der Waals surface area contributed by atoms with Gasteiger partial charge in [0.05, 0.1) is 30.2 Å². The van der Waals surface area contributed by atoms with Crippen LogP contribution in [-0.2, 0) is 9.59 Å². The smallest absolute Gasteiger partial charge is 0.348 e. The van der Waals surface area contributed by atoms with E-state index in [2.05, 4.69) is 5.32 Å². The highest BCUT2D eigenvalue weighted by atomic mass is 35.5. The number of nitriles is 1. The van der Waals surface area contributed by atoms with Gasteiger partial charge in [0, 0.05) is 19.8 Å². The van der Waals surface area contributed by atoms with E-state index in [0.29, 0.717) is 4.90 Å². The van der Waals surface area contributed by atoms with Gasteiger partial charge in [-0.15, -0.1) is 0 Å². The average molecular weight is 377 g/mol. The number of nitrogens with one attached hydrogen (secondary N) is 1. The summed E-state index contributed by atoms with van der Waals surface area (Å²) in [5.74, 6) is -1.30. The highest BCUT2D eigenvalue weighted by Crippen LogP contribution is 2.20. The maximum absolute atomic E-state index is 12.6. The molecular weight excluding hydrogens is 361 g/mol. The summed E-state index contributed by atoms with van der Waals surface area (Å²) < 4.78 is 37.9. The Morgan fingerprint density at radius 1 is 1.28 bits per heavy atom. The van der Waals surface area contributed by atoms with Crippen LogP contribution in [0.2, 0.25) is 5.02 Å². The summed E-state index contributed by atoms with van der Waals surface area (Å²) in [4.78, 5) is 25.4. The summed E-state index contributed by atoms with van der Waals surface area (Å²) in [7, 11) is 2.82. The van der Waals surface area contributed by atoms with E-state index in [1.165, 1.54) is 32.3 Å². The molecule has 1 aromatic rings. The minimum Gasteiger partial charge on any atom is -0.348 e. The molecule has 10 heteroatoms. The maximum atomic E-state index is 12.6. The lowest BCUT2D eigenvalue weighted by atomic mass is 10.2. The summed E-state index contributed by atoms with van der Waals surface area (Å²) in [6.07, 6.45) is -4.55. The van der Waals surface area contributed by atoms with E-state index < -0.39 is 37.6 Å². The molecule has 0 bridgehead atoms. The average Bonchev–Trinajstić information content (AvgIpc) is 2.45. The number of carbonyl (C=O) groups is 2. The van der Waals surface area contributed by atoms with Crippen LogP contribution >= 0.6 is 11.6 Å². The van der Waals surface area contributed by atoms with Gasteiger partial charge in [0.1, 0.15) is 6.07 Å². The maximum Gasteiger partial charge on any atom is 0.401 e. The summed E-state index contributed by atoms with van der Waals surface area (Å²) in [6, 6.07) is 5.94. The van der Waals surface area contributed by atoms with Crippen LogP contribution in [0.3, 0.4) is 0 Å². The zero-order valence-electron chi connectivity index (χ0n) is 13.5. The Morgan fingerprint density at radius 2 is 1.92 bits per heavy atom. The fourth-order valence-corrected chi connectivity index (χ4v) is 2.06. The van der Waals surface area contributed by atoms with E-state index in [1.54, 1.807) is 0 Å². The Balaban J connectivity index is 2.78. The lowest BCUT2D eigenvalue weighted by Crippen LogP contribution is -2.44. The first-order valence-corrected chi connectivity index (χ1v) is 7.38. The van der Waals surface area contributed by atoms with E-state index in [1.807, 2.05) is 6.07 Å². The van der Waals surface area contributed by atoms with Crippen LogP contribution in [-0.4, -0.2) is 61.5 Å². The van der Waals surface area contributed by atoms with Crippen molar-refractivity contribution in [2.45, 2.75) is 6.18 Å². The zero-order valence-corrected chi connectivity index (χ0v) is 14.3. The molecule has 0 aliphatic carbocycles. The number of carbonyl (C=O) groups excluding carboxylic acids is 2. The number of likely N-dealkylation sites (N-methyl/N-ethyl adjacent to an activating group) is 1. The molecule has 1 aromatic carbocycles. The van der Waals surface area contributed by atoms with Crippen LogP contribution in [0.25, 0.3) is 0 Å². The van der Waals surface area contributed by atoms with E-state index >= 15 is 0 Å². The monoisotopic (exact) mass is 376 g/mol. The van der Waals surface area contributed by atoms with Crippen LogP contribution in [0.4, 0.5) is 18.9 Å². The molecule has 0 radical (unpaired) electrons. The van der Waals surface area contributed by atoms with Crippen molar-refractivity contribution in [2.24, 2.45) is 0 Å². The van der Waals surface area contributed by atoms with Gasteiger partial charge in [-0.3, -0.25) is 14.5 Å². The molecule has 0 aliphatic heterocycles. The van der Waals surface area contributed by atoms with Crippen LogP contribution in [0, 0.1) is 11.3 Å². The Bertz CT molecular complexity index is 686. The SMILES string of the molecule is CN(C)C(=O)CN(CC(=O)Nc1ccc(C#N)c(Cl)c1)CC(F)(F)F. The van der Waals surface area contributed by atoms with Crippen molar-refractivity contribution in [3.8, 4) is 6.07 Å². The van der Waals surface area contributed by atoms with E-state index in [0.717, 1.165) is 4.90 Å². The van der Waals surface area contributed by atoms with Crippen molar-refractivity contribution in [1.82, 2.24) is 9.80 Å². The van der Waals surface area contributed by atoms with E-state index in [-0.39, 0.29) is 16.3 Å². The molecule has 0 heterocycles. The van der Waals surface area contributed by atoms with Crippen LogP contribution in [0.1, 0.15) is 5.56 Å². The molecule has 0 unspecified atom stereocenters. The van der Waals surface area contributed by atoms with E-state index in [9.17, 15) is 22.8 Å². The number of alkyl halides is 3. The normalized spacial score (nSPS) is 11.1. The van der Waals surface area contributed by atoms with Crippen LogP contribution in [0.15, 0.2) is 18.2 Å². The molecule has 0 fully saturated rings. The van der Waals surface area contributed by atoms with Crippen molar-refractivity contribution >= 4 is 29.1 Å². The second-order valence-corrected chi connectivity index (χ2v) is 5.81. The van der Waals surface area contributed by atoms with Gasteiger partial charge in [-0.1, -0.05) is 11.6 Å². The van der Waals surface area contributed by atoms with Crippen molar-refractivity contribution in [3.63, 3.8) is 0 Å². The second kappa shape index (κ2) is 8.69. The summed E-state index contributed by atoms with van der Waals surface area (Å²) in [6.45, 7) is -2.57. The molecule has 0 spiro atoms. The Morgan fingerprint density at radius 3 is 2.40 bits per heavy atom. The predicted molar refractivity (Wildman–Crippen MR) is 86.0 cm³/mol. The number of nitrogens with zero attached hydrogens (tertiary/aromatic N) is 3. The molecule has 0 saturated carbocycles. The molecule has 0 aliphatic rings. The molecule has 1 N–H and O–H groups in total. The van der Waals surface area contributed by atoms with Gasteiger partial charge in [0.15, 0.2) is 0 Å². The molecule has 25 heavy (non-hydrogen) atoms. The molecule has 0 atom stereocenters. The van der Waals surface area contributed by atoms with Crippen molar-refractivity contribution in [3.05, 3.63) is 28.8 Å². The van der Waals surface area contributed by atoms with Gasteiger partial charge >= 0.3 is 6.18 Å². The molecule has 136 valence electrons. The van der Waals surface area contributed by atoms with Gasteiger partial charge in [-0.05, 0) is 18.2 Å². The van der Waals surface area contributed by atoms with Crippen LogP contribution in [0.5, 0.6) is 0 Å². The fourth-order valence-electron chi connectivity index (χ4n) is 1.84. The van der Waals surface area contributed by atoms with Crippen molar-refractivity contribution in [1.29, 1.82) is 5.26 Å². The first-order chi connectivity index (χ1) is 11.5. The first kappa shape index (κ1) is 20.7. The number of amides is 2. The number of hydrogen-bond acceptors (Lipinski definition) is 4. The Hall–Kier alpha value is -2.31. The summed E-state index contributed by atoms with van der Waals surface area (Å²) in [5.41, 5.74) is 0.440. The topological polar surface area (TPSA) is 76.4 Å². The molecule has 1 rings (SSSR count). The lowest BCUT2D eigenvalue weighted by Gasteiger charge is -2.24. The van der Waals surface area contributed by atoms with Gasteiger partial charge in [-0.25, -0.2) is 0 Å². The van der Waals surface area contributed by atoms with Crippen LogP contribution < -0.4 is 5.32 Å². The minimum atomic E-state index is -4.55. The predicted octanol–water partition coefficient (Wildman–Crippen LogP) is 2.10. The van der Waals surface area contributed by atoms with Gasteiger partial charge in [-0.2, -0.15) is 18.4 Å². The summed E-state index contributed by atoms with van der Waals surface area (Å²) in [5, 5.41) is 11.3. The number of benzene rings is 1. The largest absolute Gasteiger partial charge is 0.401 e. The van der Waals surface area contributed by atoms with Gasteiger partial charge in [0.2, 0.25) is 11.8 Å². The number of rotatable bonds is 6. The summed E-state index contributed by atoms with van der Waals surface area (Å²) >= 11 is 5.83. The molecule has 0 aromatic heterocycles. The Labute approximate surface area is 147 Å². The quantitative estimate of drug-likeness (QED) is 0.825. The fraction of sp³-hybridized carbons (Fsp3) is 0.400. The van der Waals surface area contributed by atoms with Crippen molar-refractivity contribution < 1.29 is 22.8 Å². The molecule has 6 nitrogen and oxygen atoms in total. The standard InChI is InChI=1S/C15H16ClF3N4O2/c1-22(2)14(25)8-23(9-15(17,18)19)7-13(24)21-11-4-3-10(6-20)12(16)5-11/h3-5H,7-9H2,1-2H3,(H,21,24). The Kier molecular flexibility index (Phi) is 7.21. The third-order valence-electron chi connectivity index (χ3n) is 3.00. The lowest BCUT2D eigenvalue weighted by molar-refractivity contribution is -0.152. The number of anilines is 1.